The highest BCUT2D eigenvalue weighted by Crippen LogP contribution is 2.26. The van der Waals surface area contributed by atoms with Gasteiger partial charge in [-0.1, -0.05) is 29.3 Å². The lowest BCUT2D eigenvalue weighted by molar-refractivity contribution is 0.0170. The predicted octanol–water partition coefficient (Wildman–Crippen LogP) is 2.43. The van der Waals surface area contributed by atoms with E-state index in [2.05, 4.69) is 0 Å². The molecule has 1 rings (SSSR count). The van der Waals surface area contributed by atoms with Crippen molar-refractivity contribution < 1.29 is 17.2 Å². The number of nitrogens with two attached hydrogens (primary N) is 1. The van der Waals surface area contributed by atoms with Gasteiger partial charge in [0.05, 0.1) is 18.8 Å². The fourth-order valence-electron chi connectivity index (χ4n) is 1.20. The normalized spacial score (nSPS) is 12.1. The lowest BCUT2D eigenvalue weighted by Crippen LogP contribution is -2.41. The van der Waals surface area contributed by atoms with Crippen molar-refractivity contribution in [1.82, 2.24) is 4.72 Å². The van der Waals surface area contributed by atoms with Crippen LogP contribution in [0.25, 0.3) is 0 Å². The Balaban J connectivity index is 0.00000361. The minimum atomic E-state index is -3.98. The molecule has 0 aliphatic heterocycles. The van der Waals surface area contributed by atoms with Gasteiger partial charge in [-0.3, -0.25) is 0 Å². The smallest absolute Gasteiger partial charge is 0.273 e. The molecular weight excluding hydrogens is 357 g/mol. The molecular formula is C10H13Cl3F2N2O2S. The molecule has 0 atom stereocenters. The summed E-state index contributed by atoms with van der Waals surface area (Å²) in [6.07, 6.45) is 0. The van der Waals surface area contributed by atoms with E-state index in [1.54, 1.807) is 10.8 Å². The molecule has 0 radical (unpaired) electrons. The molecule has 1 aromatic carbocycles. The first-order chi connectivity index (χ1) is 8.67. The van der Waals surface area contributed by atoms with Gasteiger partial charge in [-0.25, -0.2) is 21.9 Å². The number of sulfonamides is 1. The Hall–Kier alpha value is -0.180. The topological polar surface area (TPSA) is 72.2 Å². The largest absolute Gasteiger partial charge is 0.325 e. The average Bonchev–Trinajstić information content (AvgIpc) is 2.32. The highest BCUT2D eigenvalue weighted by Gasteiger charge is 2.29. The maximum atomic E-state index is 12.9. The van der Waals surface area contributed by atoms with Crippen LogP contribution in [0.15, 0.2) is 18.2 Å². The molecule has 0 aliphatic rings. The third-order valence-corrected chi connectivity index (χ3v) is 4.21. The Morgan fingerprint density at radius 2 is 1.75 bits per heavy atom. The van der Waals surface area contributed by atoms with Gasteiger partial charge < -0.3 is 5.73 Å². The first-order valence-corrected chi connectivity index (χ1v) is 7.56. The van der Waals surface area contributed by atoms with Gasteiger partial charge in [-0.2, -0.15) is 0 Å². The van der Waals surface area contributed by atoms with Crippen LogP contribution in [-0.2, 0) is 15.8 Å². The molecule has 0 heterocycles. The Labute approximate surface area is 132 Å². The number of hydrogen-bond donors (Lipinski definition) is 2. The quantitative estimate of drug-likeness (QED) is 0.809. The summed E-state index contributed by atoms with van der Waals surface area (Å²) in [6, 6.07) is 4.48. The van der Waals surface area contributed by atoms with E-state index < -0.39 is 34.8 Å². The van der Waals surface area contributed by atoms with Crippen molar-refractivity contribution in [1.29, 1.82) is 0 Å². The van der Waals surface area contributed by atoms with Gasteiger partial charge in [0.15, 0.2) is 0 Å². The first kappa shape index (κ1) is 19.8. The fraction of sp³-hybridized carbons (Fsp3) is 0.400. The highest BCUT2D eigenvalue weighted by atomic mass is 35.5. The van der Waals surface area contributed by atoms with E-state index >= 15 is 0 Å². The molecule has 0 aliphatic carbocycles. The van der Waals surface area contributed by atoms with Crippen molar-refractivity contribution in [2.45, 2.75) is 11.7 Å². The second-order valence-corrected chi connectivity index (χ2v) is 6.46. The summed E-state index contributed by atoms with van der Waals surface area (Å²) in [5.74, 6) is -3.87. The highest BCUT2D eigenvalue weighted by molar-refractivity contribution is 7.88. The van der Waals surface area contributed by atoms with Gasteiger partial charge in [-0.15, -0.1) is 12.4 Å². The molecule has 20 heavy (non-hydrogen) atoms. The fourth-order valence-corrected chi connectivity index (χ4v) is 3.11. The lowest BCUT2D eigenvalue weighted by Gasteiger charge is -2.15. The number of alkyl halides is 2. The van der Waals surface area contributed by atoms with Crippen molar-refractivity contribution >= 4 is 45.6 Å². The van der Waals surface area contributed by atoms with Crippen LogP contribution in [0.3, 0.4) is 0 Å². The number of benzene rings is 1. The third kappa shape index (κ3) is 6.07. The summed E-state index contributed by atoms with van der Waals surface area (Å²) in [5.41, 5.74) is 4.97. The molecule has 0 bridgehead atoms. The average molecular weight is 370 g/mol. The molecule has 10 heteroatoms. The Bertz CT molecular complexity index is 535. The molecule has 3 N–H and O–H groups in total. The van der Waals surface area contributed by atoms with Crippen LogP contribution in [0, 0.1) is 0 Å². The molecule has 0 saturated carbocycles. The van der Waals surface area contributed by atoms with Crippen molar-refractivity contribution in [3.8, 4) is 0 Å². The molecule has 1 aromatic rings. The Kier molecular flexibility index (Phi) is 7.65. The van der Waals surface area contributed by atoms with Crippen LogP contribution in [0.1, 0.15) is 5.56 Å². The third-order valence-electron chi connectivity index (χ3n) is 2.25. The first-order valence-electron chi connectivity index (χ1n) is 5.15. The van der Waals surface area contributed by atoms with E-state index in [1.807, 2.05) is 0 Å². The molecule has 116 valence electrons. The second kappa shape index (κ2) is 7.72. The predicted molar refractivity (Wildman–Crippen MR) is 78.3 cm³/mol. The van der Waals surface area contributed by atoms with Gasteiger partial charge in [0.25, 0.3) is 5.92 Å². The van der Waals surface area contributed by atoms with Crippen LogP contribution in [0.2, 0.25) is 10.0 Å². The minimum absolute atomic E-state index is 0. The van der Waals surface area contributed by atoms with Crippen LogP contribution < -0.4 is 10.5 Å². The molecule has 0 spiro atoms. The standard InChI is InChI=1S/C10H12Cl2F2N2O2S.ClH/c11-8-2-1-3-9(12)7(8)4-19(17,18)16-6-10(13,14)5-15;/h1-3,16H,4-6,15H2;1H. The zero-order valence-corrected chi connectivity index (χ0v) is 13.2. The lowest BCUT2D eigenvalue weighted by atomic mass is 10.2. The molecule has 0 aromatic heterocycles. The van der Waals surface area contributed by atoms with Crippen LogP contribution in [0.4, 0.5) is 8.78 Å². The monoisotopic (exact) mass is 368 g/mol. The van der Waals surface area contributed by atoms with E-state index in [1.165, 1.54) is 12.1 Å². The number of nitrogens with one attached hydrogen (secondary N) is 1. The number of halogens is 5. The summed E-state index contributed by atoms with van der Waals surface area (Å²) >= 11 is 11.6. The van der Waals surface area contributed by atoms with E-state index in [0.29, 0.717) is 0 Å². The Morgan fingerprint density at radius 1 is 1.25 bits per heavy atom. The van der Waals surface area contributed by atoms with Gasteiger partial charge >= 0.3 is 0 Å². The molecule has 0 amide bonds. The summed E-state index contributed by atoms with van der Waals surface area (Å²) in [5, 5.41) is 0.312. The zero-order valence-electron chi connectivity index (χ0n) is 10.1. The minimum Gasteiger partial charge on any atom is -0.325 e. The van der Waals surface area contributed by atoms with E-state index in [0.717, 1.165) is 0 Å². The van der Waals surface area contributed by atoms with Crippen LogP contribution in [0.5, 0.6) is 0 Å². The zero-order chi connectivity index (χ0) is 14.7. The van der Waals surface area contributed by atoms with Crippen LogP contribution in [-0.4, -0.2) is 27.4 Å². The number of hydrogen-bond acceptors (Lipinski definition) is 3. The molecule has 0 fully saturated rings. The van der Waals surface area contributed by atoms with Gasteiger partial charge in [0.2, 0.25) is 10.0 Å². The van der Waals surface area contributed by atoms with Gasteiger partial charge in [-0.05, 0) is 12.1 Å². The van der Waals surface area contributed by atoms with Crippen LogP contribution >= 0.6 is 35.6 Å². The van der Waals surface area contributed by atoms with E-state index in [-0.39, 0.29) is 28.0 Å². The van der Waals surface area contributed by atoms with Crippen molar-refractivity contribution in [2.75, 3.05) is 13.1 Å². The maximum absolute atomic E-state index is 12.9. The summed E-state index contributed by atoms with van der Waals surface area (Å²) in [7, 11) is -3.98. The van der Waals surface area contributed by atoms with Crippen molar-refractivity contribution in [3.63, 3.8) is 0 Å². The Morgan fingerprint density at radius 3 is 2.20 bits per heavy atom. The summed E-state index contributed by atoms with van der Waals surface area (Å²) in [6.45, 7) is -2.00. The van der Waals surface area contributed by atoms with E-state index in [9.17, 15) is 17.2 Å². The SMILES string of the molecule is Cl.NCC(F)(F)CNS(=O)(=O)Cc1c(Cl)cccc1Cl. The molecule has 4 nitrogen and oxygen atoms in total. The van der Waals surface area contributed by atoms with Crippen molar-refractivity contribution in [2.24, 2.45) is 5.73 Å². The summed E-state index contributed by atoms with van der Waals surface area (Å²) < 4.78 is 50.9. The maximum Gasteiger partial charge on any atom is 0.273 e. The second-order valence-electron chi connectivity index (χ2n) is 3.84. The number of rotatable bonds is 6. The molecule has 0 unspecified atom stereocenters. The van der Waals surface area contributed by atoms with E-state index in [4.69, 9.17) is 28.9 Å². The summed E-state index contributed by atoms with van der Waals surface area (Å²) in [4.78, 5) is 0. The van der Waals surface area contributed by atoms with Crippen molar-refractivity contribution in [3.05, 3.63) is 33.8 Å². The van der Waals surface area contributed by atoms with Gasteiger partial charge in [0.1, 0.15) is 0 Å². The van der Waals surface area contributed by atoms with Gasteiger partial charge in [0, 0.05) is 15.6 Å². The molecule has 0 saturated heterocycles.